The molecule has 0 aliphatic heterocycles. The Hall–Kier alpha value is -3.80. The molecule has 6 rings (SSSR count). The van der Waals surface area contributed by atoms with Gasteiger partial charge in [0.15, 0.2) is 0 Å². The van der Waals surface area contributed by atoms with Crippen molar-refractivity contribution in [3.8, 4) is 33.9 Å². The van der Waals surface area contributed by atoms with Crippen LogP contribution in [0, 0.1) is 0 Å². The van der Waals surface area contributed by atoms with Crippen LogP contribution in [0.5, 0.6) is 0 Å². The fourth-order valence-corrected chi connectivity index (χ4v) is 4.37. The monoisotopic (exact) mass is 364 g/mol. The second-order valence-corrected chi connectivity index (χ2v) is 7.18. The first-order chi connectivity index (χ1) is 13.7. The molecule has 0 amide bonds. The van der Waals surface area contributed by atoms with Gasteiger partial charge in [-0.3, -0.25) is 0 Å². The molecule has 0 fully saturated rings. The summed E-state index contributed by atoms with van der Waals surface area (Å²) in [7, 11) is 0. The highest BCUT2D eigenvalue weighted by atomic mass is 15.0. The molecule has 0 bridgehead atoms. The van der Waals surface area contributed by atoms with Crippen LogP contribution in [0.1, 0.15) is 22.3 Å². The number of nitrogens with two attached hydrogens (primary N) is 2. The van der Waals surface area contributed by atoms with E-state index < -0.39 is 0 Å². The molecule has 134 valence electrons. The molecule has 0 saturated heterocycles. The molecule has 2 aromatic carbocycles. The van der Waals surface area contributed by atoms with E-state index in [-0.39, 0.29) is 11.9 Å². The SMILES string of the molecule is Nc1nc2c(c(-c3nc(N)nc4c3Cc3ccccc3-4)n1)Cc1ccccc1-2. The average molecular weight is 364 g/mol. The summed E-state index contributed by atoms with van der Waals surface area (Å²) in [6, 6.07) is 16.5. The van der Waals surface area contributed by atoms with Crippen LogP contribution in [0.4, 0.5) is 11.9 Å². The molecule has 4 aromatic rings. The summed E-state index contributed by atoms with van der Waals surface area (Å²) < 4.78 is 0. The number of hydrogen-bond acceptors (Lipinski definition) is 6. The van der Waals surface area contributed by atoms with Crippen LogP contribution in [0.2, 0.25) is 0 Å². The Labute approximate surface area is 161 Å². The van der Waals surface area contributed by atoms with Crippen LogP contribution < -0.4 is 11.5 Å². The highest BCUT2D eigenvalue weighted by molar-refractivity contribution is 5.85. The maximum absolute atomic E-state index is 6.10. The lowest BCUT2D eigenvalue weighted by Gasteiger charge is -2.12. The Balaban J connectivity index is 1.63. The van der Waals surface area contributed by atoms with Gasteiger partial charge in [0.05, 0.1) is 22.8 Å². The zero-order chi connectivity index (χ0) is 18.8. The number of nitrogen functional groups attached to an aromatic ring is 2. The van der Waals surface area contributed by atoms with E-state index in [4.69, 9.17) is 11.5 Å². The van der Waals surface area contributed by atoms with Crippen molar-refractivity contribution in [3.05, 3.63) is 70.8 Å². The predicted molar refractivity (Wildman–Crippen MR) is 108 cm³/mol. The van der Waals surface area contributed by atoms with E-state index in [1.54, 1.807) is 0 Å². The van der Waals surface area contributed by atoms with Crippen molar-refractivity contribution in [1.82, 2.24) is 19.9 Å². The van der Waals surface area contributed by atoms with Crippen molar-refractivity contribution < 1.29 is 0 Å². The van der Waals surface area contributed by atoms with Gasteiger partial charge in [0, 0.05) is 35.1 Å². The van der Waals surface area contributed by atoms with E-state index in [1.165, 1.54) is 11.1 Å². The Morgan fingerprint density at radius 2 is 0.929 bits per heavy atom. The molecule has 2 aliphatic rings. The van der Waals surface area contributed by atoms with E-state index >= 15 is 0 Å². The number of anilines is 2. The zero-order valence-electron chi connectivity index (χ0n) is 15.0. The van der Waals surface area contributed by atoms with Crippen LogP contribution in [-0.4, -0.2) is 19.9 Å². The van der Waals surface area contributed by atoms with Gasteiger partial charge in [-0.2, -0.15) is 0 Å². The van der Waals surface area contributed by atoms with Crippen LogP contribution in [0.15, 0.2) is 48.5 Å². The summed E-state index contributed by atoms with van der Waals surface area (Å²) in [5.41, 5.74) is 22.2. The lowest BCUT2D eigenvalue weighted by atomic mass is 10.0. The minimum atomic E-state index is 0.242. The van der Waals surface area contributed by atoms with E-state index in [0.29, 0.717) is 0 Å². The van der Waals surface area contributed by atoms with Crippen LogP contribution in [0.3, 0.4) is 0 Å². The van der Waals surface area contributed by atoms with Crippen molar-refractivity contribution in [3.63, 3.8) is 0 Å². The lowest BCUT2D eigenvalue weighted by molar-refractivity contribution is 1.08. The summed E-state index contributed by atoms with van der Waals surface area (Å²) in [6.45, 7) is 0. The third-order valence-electron chi connectivity index (χ3n) is 5.55. The first kappa shape index (κ1) is 15.3. The molecular formula is C22H16N6. The molecule has 0 spiro atoms. The molecule has 2 heterocycles. The average Bonchev–Trinajstić information content (AvgIpc) is 3.25. The van der Waals surface area contributed by atoms with E-state index in [1.807, 2.05) is 24.3 Å². The van der Waals surface area contributed by atoms with Crippen molar-refractivity contribution in [2.24, 2.45) is 0 Å². The van der Waals surface area contributed by atoms with Crippen molar-refractivity contribution >= 4 is 11.9 Å². The fraction of sp³-hybridized carbons (Fsp3) is 0.0909. The van der Waals surface area contributed by atoms with Gasteiger partial charge >= 0.3 is 0 Å². The molecular weight excluding hydrogens is 348 g/mol. The predicted octanol–water partition coefficient (Wildman–Crippen LogP) is 3.24. The quantitative estimate of drug-likeness (QED) is 0.464. The van der Waals surface area contributed by atoms with Crippen molar-refractivity contribution in [2.75, 3.05) is 11.5 Å². The van der Waals surface area contributed by atoms with E-state index in [0.717, 1.165) is 57.9 Å². The summed E-state index contributed by atoms with van der Waals surface area (Å²) in [6.07, 6.45) is 1.51. The third kappa shape index (κ3) is 2.02. The maximum Gasteiger partial charge on any atom is 0.221 e. The zero-order valence-corrected chi connectivity index (χ0v) is 15.0. The van der Waals surface area contributed by atoms with E-state index in [9.17, 15) is 0 Å². The first-order valence-corrected chi connectivity index (χ1v) is 9.19. The van der Waals surface area contributed by atoms with Gasteiger partial charge in [-0.1, -0.05) is 48.5 Å². The third-order valence-corrected chi connectivity index (χ3v) is 5.55. The van der Waals surface area contributed by atoms with Gasteiger partial charge < -0.3 is 11.5 Å². The summed E-state index contributed by atoms with van der Waals surface area (Å²) >= 11 is 0. The minimum absolute atomic E-state index is 0.242. The Morgan fingerprint density at radius 1 is 0.536 bits per heavy atom. The summed E-state index contributed by atoms with van der Waals surface area (Å²) in [5, 5.41) is 0. The number of nitrogens with zero attached hydrogens (tertiary/aromatic N) is 4. The lowest BCUT2D eigenvalue weighted by Crippen LogP contribution is -2.07. The largest absolute Gasteiger partial charge is 0.368 e. The molecule has 0 radical (unpaired) electrons. The highest BCUT2D eigenvalue weighted by Gasteiger charge is 2.30. The Kier molecular flexibility index (Phi) is 2.92. The highest BCUT2D eigenvalue weighted by Crippen LogP contribution is 2.44. The van der Waals surface area contributed by atoms with Gasteiger partial charge in [0.1, 0.15) is 0 Å². The molecule has 0 unspecified atom stereocenters. The number of rotatable bonds is 1. The number of benzene rings is 2. The molecule has 0 atom stereocenters. The van der Waals surface area contributed by atoms with Crippen LogP contribution in [0.25, 0.3) is 33.9 Å². The van der Waals surface area contributed by atoms with Crippen LogP contribution >= 0.6 is 0 Å². The molecule has 6 heteroatoms. The molecule has 0 saturated carbocycles. The Bertz CT molecular complexity index is 1190. The van der Waals surface area contributed by atoms with Gasteiger partial charge in [0.25, 0.3) is 0 Å². The second-order valence-electron chi connectivity index (χ2n) is 7.18. The molecule has 2 aromatic heterocycles. The first-order valence-electron chi connectivity index (χ1n) is 9.19. The number of hydrogen-bond donors (Lipinski definition) is 2. The van der Waals surface area contributed by atoms with Gasteiger partial charge in [-0.15, -0.1) is 0 Å². The smallest absolute Gasteiger partial charge is 0.221 e. The van der Waals surface area contributed by atoms with Gasteiger partial charge in [-0.25, -0.2) is 19.9 Å². The van der Waals surface area contributed by atoms with Crippen LogP contribution in [-0.2, 0) is 12.8 Å². The number of aromatic nitrogens is 4. The summed E-state index contributed by atoms with van der Waals surface area (Å²) in [4.78, 5) is 18.3. The topological polar surface area (TPSA) is 104 Å². The minimum Gasteiger partial charge on any atom is -0.368 e. The number of fused-ring (bicyclic) bond motifs is 6. The molecule has 2 aliphatic carbocycles. The van der Waals surface area contributed by atoms with Crippen molar-refractivity contribution in [1.29, 1.82) is 0 Å². The second kappa shape index (κ2) is 5.36. The van der Waals surface area contributed by atoms with E-state index in [2.05, 4.69) is 44.2 Å². The molecule has 6 nitrogen and oxygen atoms in total. The standard InChI is InChI=1S/C22H16N6/c23-21-25-17-13-7-3-1-5-11(13)9-15(17)19(27-21)20-16-10-12-6-2-4-8-14(12)18(16)26-22(24)28-20/h1-8H,9-10H2,(H2,23,25,27)(H2,24,26,28). The van der Waals surface area contributed by atoms with Gasteiger partial charge in [-0.05, 0) is 11.1 Å². The molecule has 4 N–H and O–H groups in total. The van der Waals surface area contributed by atoms with Gasteiger partial charge in [0.2, 0.25) is 11.9 Å². The maximum atomic E-state index is 6.10. The fourth-order valence-electron chi connectivity index (χ4n) is 4.37. The Morgan fingerprint density at radius 3 is 1.39 bits per heavy atom. The molecule has 28 heavy (non-hydrogen) atoms. The van der Waals surface area contributed by atoms with Crippen molar-refractivity contribution in [2.45, 2.75) is 12.8 Å². The summed E-state index contributed by atoms with van der Waals surface area (Å²) in [5.74, 6) is 0.485. The normalized spacial score (nSPS) is 13.0.